The standard InChI is InChI=1S/C15H20N2O2/c18-15(12-6-3-4-9-16-12)17-10-5-11-19-14-8-2-1-7-13(14)17/h1-2,7-8,12,16H,3-6,9-11H2. The molecule has 3 rings (SSSR count). The largest absolute Gasteiger partial charge is 0.491 e. The van der Waals surface area contributed by atoms with Crippen LogP contribution in [0, 0.1) is 0 Å². The summed E-state index contributed by atoms with van der Waals surface area (Å²) in [5.41, 5.74) is 0.914. The van der Waals surface area contributed by atoms with Gasteiger partial charge in [0.2, 0.25) is 5.91 Å². The normalized spacial score (nSPS) is 23.2. The molecule has 1 saturated heterocycles. The quantitative estimate of drug-likeness (QED) is 0.839. The Labute approximate surface area is 113 Å². The predicted molar refractivity (Wildman–Crippen MR) is 74.5 cm³/mol. The summed E-state index contributed by atoms with van der Waals surface area (Å²) in [6.45, 7) is 2.37. The summed E-state index contributed by atoms with van der Waals surface area (Å²) < 4.78 is 5.70. The van der Waals surface area contributed by atoms with E-state index in [-0.39, 0.29) is 11.9 Å². The molecule has 1 atom stereocenters. The molecule has 0 aromatic heterocycles. The van der Waals surface area contributed by atoms with Crippen molar-refractivity contribution in [3.05, 3.63) is 24.3 Å². The maximum Gasteiger partial charge on any atom is 0.244 e. The van der Waals surface area contributed by atoms with Crippen molar-refractivity contribution in [1.82, 2.24) is 5.32 Å². The fourth-order valence-electron chi connectivity index (χ4n) is 2.81. The van der Waals surface area contributed by atoms with Crippen molar-refractivity contribution in [2.75, 3.05) is 24.6 Å². The van der Waals surface area contributed by atoms with Crippen molar-refractivity contribution in [2.24, 2.45) is 0 Å². The third kappa shape index (κ3) is 2.59. The summed E-state index contributed by atoms with van der Waals surface area (Å²) in [5, 5.41) is 3.34. The van der Waals surface area contributed by atoms with Gasteiger partial charge in [-0.15, -0.1) is 0 Å². The highest BCUT2D eigenvalue weighted by Gasteiger charge is 2.28. The molecule has 0 bridgehead atoms. The first-order chi connectivity index (χ1) is 9.36. The maximum absolute atomic E-state index is 12.7. The average molecular weight is 260 g/mol. The molecule has 0 radical (unpaired) electrons. The van der Waals surface area contributed by atoms with Gasteiger partial charge >= 0.3 is 0 Å². The lowest BCUT2D eigenvalue weighted by Gasteiger charge is -2.29. The van der Waals surface area contributed by atoms with Gasteiger partial charge in [-0.2, -0.15) is 0 Å². The second-order valence-electron chi connectivity index (χ2n) is 5.16. The zero-order valence-electron chi connectivity index (χ0n) is 11.1. The van der Waals surface area contributed by atoms with Gasteiger partial charge in [-0.05, 0) is 37.9 Å². The lowest BCUT2D eigenvalue weighted by Crippen LogP contribution is -2.49. The Hall–Kier alpha value is -1.55. The monoisotopic (exact) mass is 260 g/mol. The smallest absolute Gasteiger partial charge is 0.244 e. The van der Waals surface area contributed by atoms with E-state index in [1.54, 1.807) is 0 Å². The van der Waals surface area contributed by atoms with Gasteiger partial charge in [0.15, 0.2) is 0 Å². The zero-order valence-corrected chi connectivity index (χ0v) is 11.1. The molecule has 1 N–H and O–H groups in total. The van der Waals surface area contributed by atoms with Crippen molar-refractivity contribution in [3.63, 3.8) is 0 Å². The van der Waals surface area contributed by atoms with E-state index >= 15 is 0 Å². The number of nitrogens with one attached hydrogen (secondary N) is 1. The van der Waals surface area contributed by atoms with Crippen molar-refractivity contribution in [3.8, 4) is 5.75 Å². The molecule has 1 amide bonds. The van der Waals surface area contributed by atoms with Gasteiger partial charge in [0.1, 0.15) is 5.75 Å². The van der Waals surface area contributed by atoms with E-state index in [9.17, 15) is 4.79 Å². The second kappa shape index (κ2) is 5.61. The van der Waals surface area contributed by atoms with Gasteiger partial charge in [0.25, 0.3) is 0 Å². The second-order valence-corrected chi connectivity index (χ2v) is 5.16. The molecule has 19 heavy (non-hydrogen) atoms. The number of amides is 1. The van der Waals surface area contributed by atoms with Crippen LogP contribution in [0.25, 0.3) is 0 Å². The Kier molecular flexibility index (Phi) is 3.69. The predicted octanol–water partition coefficient (Wildman–Crippen LogP) is 1.94. The van der Waals surface area contributed by atoms with Gasteiger partial charge < -0.3 is 15.0 Å². The van der Waals surface area contributed by atoms with Crippen LogP contribution in [0.2, 0.25) is 0 Å². The molecule has 102 valence electrons. The Morgan fingerprint density at radius 2 is 2.16 bits per heavy atom. The van der Waals surface area contributed by atoms with Crippen LogP contribution in [-0.2, 0) is 4.79 Å². The highest BCUT2D eigenvalue weighted by molar-refractivity contribution is 5.98. The van der Waals surface area contributed by atoms with Crippen LogP contribution in [0.1, 0.15) is 25.7 Å². The Balaban J connectivity index is 1.84. The lowest BCUT2D eigenvalue weighted by molar-refractivity contribution is -0.121. The van der Waals surface area contributed by atoms with Crippen LogP contribution in [-0.4, -0.2) is 31.6 Å². The number of benzene rings is 1. The number of hydrogen-bond donors (Lipinski definition) is 1. The summed E-state index contributed by atoms with van der Waals surface area (Å²) in [6, 6.07) is 7.80. The zero-order chi connectivity index (χ0) is 13.1. The third-order valence-corrected chi connectivity index (χ3v) is 3.81. The number of rotatable bonds is 1. The van der Waals surface area contributed by atoms with Gasteiger partial charge in [-0.1, -0.05) is 18.6 Å². The van der Waals surface area contributed by atoms with E-state index in [1.165, 1.54) is 6.42 Å². The minimum Gasteiger partial charge on any atom is -0.491 e. The molecule has 2 aliphatic heterocycles. The van der Waals surface area contributed by atoms with E-state index in [0.29, 0.717) is 6.61 Å². The highest BCUT2D eigenvalue weighted by atomic mass is 16.5. The molecule has 2 aliphatic rings. The highest BCUT2D eigenvalue weighted by Crippen LogP contribution is 2.31. The number of para-hydroxylation sites is 2. The molecule has 1 unspecified atom stereocenters. The summed E-state index contributed by atoms with van der Waals surface area (Å²) in [6.07, 6.45) is 4.13. The fourth-order valence-corrected chi connectivity index (χ4v) is 2.81. The van der Waals surface area contributed by atoms with Crippen molar-refractivity contribution in [2.45, 2.75) is 31.7 Å². The summed E-state index contributed by atoms with van der Waals surface area (Å²) in [4.78, 5) is 14.6. The van der Waals surface area contributed by atoms with Crippen molar-refractivity contribution in [1.29, 1.82) is 0 Å². The van der Waals surface area contributed by atoms with E-state index in [2.05, 4.69) is 5.32 Å². The molecule has 4 heteroatoms. The van der Waals surface area contributed by atoms with Gasteiger partial charge in [0, 0.05) is 6.54 Å². The Morgan fingerprint density at radius 3 is 3.00 bits per heavy atom. The summed E-state index contributed by atoms with van der Waals surface area (Å²) in [7, 11) is 0. The number of nitrogens with zero attached hydrogens (tertiary/aromatic N) is 1. The van der Waals surface area contributed by atoms with Crippen LogP contribution in [0.3, 0.4) is 0 Å². The Bertz CT molecular complexity index is 455. The Morgan fingerprint density at radius 1 is 1.26 bits per heavy atom. The minimum absolute atomic E-state index is 0.0279. The van der Waals surface area contributed by atoms with Crippen LogP contribution >= 0.6 is 0 Å². The number of carbonyl (C=O) groups excluding carboxylic acids is 1. The number of piperidine rings is 1. The average Bonchev–Trinajstić information content (AvgIpc) is 2.70. The third-order valence-electron chi connectivity index (χ3n) is 3.81. The molecule has 0 spiro atoms. The van der Waals surface area contributed by atoms with Gasteiger partial charge in [-0.25, -0.2) is 0 Å². The van der Waals surface area contributed by atoms with Crippen LogP contribution in [0.5, 0.6) is 5.75 Å². The molecule has 0 saturated carbocycles. The SMILES string of the molecule is O=C(C1CCCCN1)N1CCCOc2ccccc21. The molecule has 4 nitrogen and oxygen atoms in total. The fraction of sp³-hybridized carbons (Fsp3) is 0.533. The molecule has 1 aromatic carbocycles. The topological polar surface area (TPSA) is 41.6 Å². The molecular formula is C15H20N2O2. The lowest BCUT2D eigenvalue weighted by atomic mass is 10.0. The maximum atomic E-state index is 12.7. The van der Waals surface area contributed by atoms with E-state index in [0.717, 1.165) is 43.8 Å². The van der Waals surface area contributed by atoms with Gasteiger partial charge in [0.05, 0.1) is 18.3 Å². The molecule has 2 heterocycles. The van der Waals surface area contributed by atoms with Crippen molar-refractivity contribution < 1.29 is 9.53 Å². The van der Waals surface area contributed by atoms with E-state index in [1.807, 2.05) is 29.2 Å². The minimum atomic E-state index is -0.0279. The summed E-state index contributed by atoms with van der Waals surface area (Å²) in [5.74, 6) is 1.02. The molecule has 1 fully saturated rings. The number of carbonyl (C=O) groups is 1. The number of ether oxygens (including phenoxy) is 1. The van der Waals surface area contributed by atoms with E-state index < -0.39 is 0 Å². The van der Waals surface area contributed by atoms with Crippen LogP contribution in [0.15, 0.2) is 24.3 Å². The summed E-state index contributed by atoms with van der Waals surface area (Å²) >= 11 is 0. The first kappa shape index (κ1) is 12.5. The first-order valence-corrected chi connectivity index (χ1v) is 7.13. The molecule has 0 aliphatic carbocycles. The van der Waals surface area contributed by atoms with E-state index in [4.69, 9.17) is 4.74 Å². The number of hydrogen-bond acceptors (Lipinski definition) is 3. The van der Waals surface area contributed by atoms with Crippen molar-refractivity contribution >= 4 is 11.6 Å². The first-order valence-electron chi connectivity index (χ1n) is 7.13. The van der Waals surface area contributed by atoms with Crippen LogP contribution in [0.4, 0.5) is 5.69 Å². The van der Waals surface area contributed by atoms with Gasteiger partial charge in [-0.3, -0.25) is 4.79 Å². The molecular weight excluding hydrogens is 240 g/mol. The van der Waals surface area contributed by atoms with Crippen LogP contribution < -0.4 is 15.0 Å². The number of anilines is 1. The number of fused-ring (bicyclic) bond motifs is 1. The molecule has 1 aromatic rings.